The monoisotopic (exact) mass is 344 g/mol. The van der Waals surface area contributed by atoms with Gasteiger partial charge in [0.15, 0.2) is 0 Å². The van der Waals surface area contributed by atoms with E-state index in [1.807, 2.05) is 49.4 Å². The molecule has 0 saturated carbocycles. The van der Waals surface area contributed by atoms with E-state index in [0.29, 0.717) is 0 Å². The van der Waals surface area contributed by atoms with Gasteiger partial charge < -0.3 is 10.6 Å². The first-order chi connectivity index (χ1) is 10.1. The number of rotatable bonds is 3. The minimum absolute atomic E-state index is 0.0167. The highest BCUT2D eigenvalue weighted by Crippen LogP contribution is 2.23. The summed E-state index contributed by atoms with van der Waals surface area (Å²) in [5, 5.41) is 6.35. The Labute approximate surface area is 132 Å². The number of carbonyl (C=O) groups excluding carboxylic acids is 1. The maximum atomic E-state index is 12.4. The zero-order valence-corrected chi connectivity index (χ0v) is 13.4. The SMILES string of the molecule is CC(NC(=O)c1ccc2c(c1)CCN2)c1ccc(Br)cc1. The molecule has 108 valence electrons. The average Bonchev–Trinajstić information content (AvgIpc) is 2.95. The number of anilines is 1. The van der Waals surface area contributed by atoms with Crippen molar-refractivity contribution >= 4 is 27.5 Å². The van der Waals surface area contributed by atoms with Crippen LogP contribution in [0.15, 0.2) is 46.9 Å². The molecule has 21 heavy (non-hydrogen) atoms. The summed E-state index contributed by atoms with van der Waals surface area (Å²) in [6, 6.07) is 13.8. The maximum absolute atomic E-state index is 12.4. The van der Waals surface area contributed by atoms with Crippen LogP contribution in [-0.4, -0.2) is 12.5 Å². The van der Waals surface area contributed by atoms with Gasteiger partial charge in [0.25, 0.3) is 5.91 Å². The van der Waals surface area contributed by atoms with Gasteiger partial charge in [-0.05, 0) is 54.8 Å². The topological polar surface area (TPSA) is 41.1 Å². The first kappa shape index (κ1) is 14.1. The Morgan fingerprint density at radius 3 is 2.76 bits per heavy atom. The van der Waals surface area contributed by atoms with Crippen LogP contribution in [0.25, 0.3) is 0 Å². The summed E-state index contributed by atoms with van der Waals surface area (Å²) in [7, 11) is 0. The molecule has 0 saturated heterocycles. The first-order valence-electron chi connectivity index (χ1n) is 7.06. The third-order valence-electron chi connectivity index (χ3n) is 3.79. The molecule has 0 spiro atoms. The quantitative estimate of drug-likeness (QED) is 0.886. The van der Waals surface area contributed by atoms with Crippen molar-refractivity contribution in [1.82, 2.24) is 5.32 Å². The molecule has 0 aromatic heterocycles. The summed E-state index contributed by atoms with van der Waals surface area (Å²) >= 11 is 3.42. The van der Waals surface area contributed by atoms with Gasteiger partial charge in [-0.15, -0.1) is 0 Å². The molecule has 2 aromatic rings. The molecule has 2 N–H and O–H groups in total. The molecule has 0 radical (unpaired) electrons. The molecule has 1 atom stereocenters. The zero-order valence-electron chi connectivity index (χ0n) is 11.8. The van der Waals surface area contributed by atoms with Crippen LogP contribution >= 0.6 is 15.9 Å². The van der Waals surface area contributed by atoms with Crippen molar-refractivity contribution in [3.05, 3.63) is 63.6 Å². The third-order valence-corrected chi connectivity index (χ3v) is 4.32. The number of nitrogens with one attached hydrogen (secondary N) is 2. The lowest BCUT2D eigenvalue weighted by Crippen LogP contribution is -2.26. The van der Waals surface area contributed by atoms with E-state index in [1.54, 1.807) is 0 Å². The van der Waals surface area contributed by atoms with Gasteiger partial charge in [-0.25, -0.2) is 0 Å². The highest BCUT2D eigenvalue weighted by molar-refractivity contribution is 9.10. The fourth-order valence-electron chi connectivity index (χ4n) is 2.56. The van der Waals surface area contributed by atoms with Gasteiger partial charge in [0.05, 0.1) is 6.04 Å². The number of carbonyl (C=O) groups is 1. The lowest BCUT2D eigenvalue weighted by Gasteiger charge is -2.15. The van der Waals surface area contributed by atoms with E-state index in [9.17, 15) is 4.79 Å². The van der Waals surface area contributed by atoms with Crippen LogP contribution in [0.1, 0.15) is 34.5 Å². The summed E-state index contributed by atoms with van der Waals surface area (Å²) in [5.74, 6) is -0.0277. The normalized spacial score (nSPS) is 14.2. The number of amides is 1. The van der Waals surface area contributed by atoms with Crippen molar-refractivity contribution in [2.45, 2.75) is 19.4 Å². The molecule has 0 fully saturated rings. The van der Waals surface area contributed by atoms with Crippen molar-refractivity contribution in [3.63, 3.8) is 0 Å². The molecule has 1 aliphatic heterocycles. The van der Waals surface area contributed by atoms with Crippen LogP contribution in [-0.2, 0) is 6.42 Å². The van der Waals surface area contributed by atoms with Crippen LogP contribution in [0.2, 0.25) is 0 Å². The number of halogens is 1. The summed E-state index contributed by atoms with van der Waals surface area (Å²) in [6.07, 6.45) is 0.985. The highest BCUT2D eigenvalue weighted by atomic mass is 79.9. The predicted octanol–water partition coefficient (Wildman–Crippen LogP) is 3.91. The Kier molecular flexibility index (Phi) is 3.97. The molecule has 3 rings (SSSR count). The smallest absolute Gasteiger partial charge is 0.251 e. The van der Waals surface area contributed by atoms with Crippen LogP contribution in [0.5, 0.6) is 0 Å². The van der Waals surface area contributed by atoms with Gasteiger partial charge >= 0.3 is 0 Å². The molecule has 2 aromatic carbocycles. The summed E-state index contributed by atoms with van der Waals surface area (Å²) in [5.41, 5.74) is 4.18. The largest absolute Gasteiger partial charge is 0.384 e. The van der Waals surface area contributed by atoms with Gasteiger partial charge in [-0.1, -0.05) is 28.1 Å². The molecule has 1 amide bonds. The summed E-state index contributed by atoms with van der Waals surface area (Å²) < 4.78 is 1.04. The number of hydrogen-bond donors (Lipinski definition) is 2. The Balaban J connectivity index is 1.72. The van der Waals surface area contributed by atoms with Crippen LogP contribution in [0.4, 0.5) is 5.69 Å². The average molecular weight is 345 g/mol. The van der Waals surface area contributed by atoms with Gasteiger partial charge in [-0.2, -0.15) is 0 Å². The number of hydrogen-bond acceptors (Lipinski definition) is 2. The summed E-state index contributed by atoms with van der Waals surface area (Å²) in [6.45, 7) is 2.95. The standard InChI is InChI=1S/C17H17BrN2O/c1-11(12-2-5-15(18)6-3-12)20-17(21)14-4-7-16-13(10-14)8-9-19-16/h2-7,10-11,19H,8-9H2,1H3,(H,20,21). The Hall–Kier alpha value is -1.81. The molecule has 0 aliphatic carbocycles. The second kappa shape index (κ2) is 5.90. The Bertz CT molecular complexity index is 667. The van der Waals surface area contributed by atoms with Crippen LogP contribution < -0.4 is 10.6 Å². The fraction of sp³-hybridized carbons (Fsp3) is 0.235. The van der Waals surface area contributed by atoms with E-state index >= 15 is 0 Å². The lowest BCUT2D eigenvalue weighted by molar-refractivity contribution is 0.0940. The van der Waals surface area contributed by atoms with Crippen molar-refractivity contribution in [2.75, 3.05) is 11.9 Å². The van der Waals surface area contributed by atoms with Crippen molar-refractivity contribution < 1.29 is 4.79 Å². The van der Waals surface area contributed by atoms with E-state index in [-0.39, 0.29) is 11.9 Å². The lowest BCUT2D eigenvalue weighted by atomic mass is 10.1. The molecule has 1 heterocycles. The molecular weight excluding hydrogens is 328 g/mol. The first-order valence-corrected chi connectivity index (χ1v) is 7.86. The second-order valence-corrected chi connectivity index (χ2v) is 6.21. The van der Waals surface area contributed by atoms with E-state index in [4.69, 9.17) is 0 Å². The fourth-order valence-corrected chi connectivity index (χ4v) is 2.83. The van der Waals surface area contributed by atoms with E-state index < -0.39 is 0 Å². The molecule has 3 nitrogen and oxygen atoms in total. The van der Waals surface area contributed by atoms with E-state index in [2.05, 4.69) is 26.6 Å². The van der Waals surface area contributed by atoms with Gasteiger partial charge in [0.2, 0.25) is 0 Å². The Morgan fingerprint density at radius 2 is 2.00 bits per heavy atom. The molecular formula is C17H17BrN2O. The van der Waals surface area contributed by atoms with Crippen LogP contribution in [0, 0.1) is 0 Å². The van der Waals surface area contributed by atoms with E-state index in [0.717, 1.165) is 34.3 Å². The molecule has 0 bridgehead atoms. The van der Waals surface area contributed by atoms with Gasteiger partial charge in [-0.3, -0.25) is 4.79 Å². The van der Waals surface area contributed by atoms with E-state index in [1.165, 1.54) is 5.56 Å². The number of benzene rings is 2. The molecule has 1 unspecified atom stereocenters. The summed E-state index contributed by atoms with van der Waals surface area (Å²) in [4.78, 5) is 12.4. The van der Waals surface area contributed by atoms with Crippen LogP contribution in [0.3, 0.4) is 0 Å². The van der Waals surface area contributed by atoms with Gasteiger partial charge in [0.1, 0.15) is 0 Å². The maximum Gasteiger partial charge on any atom is 0.251 e. The number of fused-ring (bicyclic) bond motifs is 1. The van der Waals surface area contributed by atoms with Crippen molar-refractivity contribution in [2.24, 2.45) is 0 Å². The van der Waals surface area contributed by atoms with Crippen molar-refractivity contribution in [1.29, 1.82) is 0 Å². The third kappa shape index (κ3) is 3.10. The second-order valence-electron chi connectivity index (χ2n) is 5.30. The molecule has 4 heteroatoms. The minimum atomic E-state index is -0.0277. The van der Waals surface area contributed by atoms with Crippen molar-refractivity contribution in [3.8, 4) is 0 Å². The Morgan fingerprint density at radius 1 is 1.24 bits per heavy atom. The highest BCUT2D eigenvalue weighted by Gasteiger charge is 2.15. The minimum Gasteiger partial charge on any atom is -0.384 e. The zero-order chi connectivity index (χ0) is 14.8. The molecule has 1 aliphatic rings. The predicted molar refractivity (Wildman–Crippen MR) is 88.7 cm³/mol. The van der Waals surface area contributed by atoms with Gasteiger partial charge in [0, 0.05) is 22.3 Å².